The molecule has 1 amide bonds. The van der Waals surface area contributed by atoms with Gasteiger partial charge in [0.2, 0.25) is 15.9 Å². The number of carbonyl (C=O) groups excluding carboxylic acids is 1. The number of sulfonamides is 1. The summed E-state index contributed by atoms with van der Waals surface area (Å²) in [5, 5.41) is 0. The first-order valence-electron chi connectivity index (χ1n) is 10.2. The van der Waals surface area contributed by atoms with Crippen molar-refractivity contribution < 1.29 is 13.2 Å². The fraction of sp³-hybridized carbons (Fsp3) is 0.208. The van der Waals surface area contributed by atoms with Gasteiger partial charge in [-0.3, -0.25) is 4.79 Å². The smallest absolute Gasteiger partial charge is 0.243 e. The standard InChI is InChI=1S/C24H22Br2N2O3S/c1-17-13-19-14-21(26)9-12-23(19)28(17)24(29)16-27(15-18-5-3-2-4-6-18)32(30,31)22-10-7-20(25)8-11-22/h2-12,14,17H,13,15-16H2,1H3. The van der Waals surface area contributed by atoms with Crippen molar-refractivity contribution in [3.8, 4) is 0 Å². The Labute approximate surface area is 205 Å². The molecule has 1 heterocycles. The van der Waals surface area contributed by atoms with Crippen LogP contribution in [0.25, 0.3) is 0 Å². The van der Waals surface area contributed by atoms with Crippen molar-refractivity contribution in [2.24, 2.45) is 0 Å². The number of hydrogen-bond acceptors (Lipinski definition) is 3. The Morgan fingerprint density at radius 2 is 1.66 bits per heavy atom. The van der Waals surface area contributed by atoms with E-state index < -0.39 is 10.0 Å². The highest BCUT2D eigenvalue weighted by atomic mass is 79.9. The summed E-state index contributed by atoms with van der Waals surface area (Å²) in [5.74, 6) is -0.241. The van der Waals surface area contributed by atoms with Gasteiger partial charge in [0.05, 0.1) is 11.4 Å². The summed E-state index contributed by atoms with van der Waals surface area (Å²) in [5.41, 5.74) is 2.73. The summed E-state index contributed by atoms with van der Waals surface area (Å²) in [4.78, 5) is 15.3. The van der Waals surface area contributed by atoms with Gasteiger partial charge in [0, 0.05) is 27.2 Å². The molecule has 0 spiro atoms. The lowest BCUT2D eigenvalue weighted by Gasteiger charge is -2.27. The summed E-state index contributed by atoms with van der Waals surface area (Å²) >= 11 is 6.82. The average Bonchev–Trinajstić information content (AvgIpc) is 3.09. The molecule has 1 unspecified atom stereocenters. The highest BCUT2D eigenvalue weighted by Gasteiger charge is 2.34. The first-order valence-corrected chi connectivity index (χ1v) is 13.2. The molecule has 1 aliphatic heterocycles. The molecule has 166 valence electrons. The predicted octanol–water partition coefficient (Wildman–Crippen LogP) is 5.38. The molecule has 1 aliphatic rings. The monoisotopic (exact) mass is 576 g/mol. The SMILES string of the molecule is CC1Cc2cc(Br)ccc2N1C(=O)CN(Cc1ccccc1)S(=O)(=O)c1ccc(Br)cc1. The Morgan fingerprint density at radius 1 is 1.00 bits per heavy atom. The van der Waals surface area contributed by atoms with E-state index >= 15 is 0 Å². The van der Waals surface area contributed by atoms with Gasteiger partial charge in [-0.15, -0.1) is 0 Å². The van der Waals surface area contributed by atoms with Gasteiger partial charge in [-0.25, -0.2) is 8.42 Å². The number of benzene rings is 3. The van der Waals surface area contributed by atoms with Crippen molar-refractivity contribution in [1.29, 1.82) is 0 Å². The van der Waals surface area contributed by atoms with Gasteiger partial charge in [-0.2, -0.15) is 4.31 Å². The maximum atomic E-state index is 13.5. The second-order valence-electron chi connectivity index (χ2n) is 7.80. The van der Waals surface area contributed by atoms with Crippen molar-refractivity contribution in [2.75, 3.05) is 11.4 Å². The van der Waals surface area contributed by atoms with Gasteiger partial charge in [-0.05, 0) is 66.9 Å². The fourth-order valence-corrected chi connectivity index (χ4v) is 6.03. The highest BCUT2D eigenvalue weighted by molar-refractivity contribution is 9.10. The van der Waals surface area contributed by atoms with Crippen LogP contribution in [0.5, 0.6) is 0 Å². The van der Waals surface area contributed by atoms with Crippen LogP contribution in [0.3, 0.4) is 0 Å². The zero-order valence-electron chi connectivity index (χ0n) is 17.4. The number of carbonyl (C=O) groups is 1. The molecule has 0 aromatic heterocycles. The number of anilines is 1. The molecule has 0 fully saturated rings. The fourth-order valence-electron chi connectivity index (χ4n) is 3.98. The molecule has 32 heavy (non-hydrogen) atoms. The van der Waals surface area contributed by atoms with E-state index in [9.17, 15) is 13.2 Å². The zero-order valence-corrected chi connectivity index (χ0v) is 21.4. The Bertz CT molecular complexity index is 1230. The first-order chi connectivity index (χ1) is 15.3. The number of rotatable bonds is 6. The molecule has 0 aliphatic carbocycles. The molecule has 0 saturated heterocycles. The van der Waals surface area contributed by atoms with Crippen molar-refractivity contribution in [3.05, 3.63) is 92.9 Å². The molecule has 0 bridgehead atoms. The van der Waals surface area contributed by atoms with Gasteiger partial charge in [0.1, 0.15) is 0 Å². The third kappa shape index (κ3) is 4.83. The summed E-state index contributed by atoms with van der Waals surface area (Å²) in [6.45, 7) is 1.85. The van der Waals surface area contributed by atoms with E-state index in [0.29, 0.717) is 0 Å². The van der Waals surface area contributed by atoms with E-state index in [2.05, 4.69) is 31.9 Å². The van der Waals surface area contributed by atoms with E-state index in [1.54, 1.807) is 29.2 Å². The topological polar surface area (TPSA) is 57.7 Å². The van der Waals surface area contributed by atoms with Crippen molar-refractivity contribution in [1.82, 2.24) is 4.31 Å². The van der Waals surface area contributed by atoms with Crippen LogP contribution >= 0.6 is 31.9 Å². The van der Waals surface area contributed by atoms with Gasteiger partial charge < -0.3 is 4.90 Å². The van der Waals surface area contributed by atoms with Gasteiger partial charge in [0.15, 0.2) is 0 Å². The summed E-state index contributed by atoms with van der Waals surface area (Å²) in [6.07, 6.45) is 0.735. The Hall–Kier alpha value is -2.00. The van der Waals surface area contributed by atoms with Crippen LogP contribution in [-0.4, -0.2) is 31.2 Å². The van der Waals surface area contributed by atoms with Crippen LogP contribution in [0.2, 0.25) is 0 Å². The summed E-state index contributed by atoms with van der Waals surface area (Å²) in [6, 6.07) is 21.6. The van der Waals surface area contributed by atoms with Crippen LogP contribution in [0.15, 0.2) is 86.6 Å². The maximum absolute atomic E-state index is 13.5. The van der Waals surface area contributed by atoms with Crippen molar-refractivity contribution >= 4 is 53.5 Å². The van der Waals surface area contributed by atoms with E-state index in [-0.39, 0.29) is 29.9 Å². The molecule has 0 radical (unpaired) electrons. The number of fused-ring (bicyclic) bond motifs is 1. The lowest BCUT2D eigenvalue weighted by molar-refractivity contribution is -0.119. The number of halogens is 2. The predicted molar refractivity (Wildman–Crippen MR) is 133 cm³/mol. The van der Waals surface area contributed by atoms with E-state index in [4.69, 9.17) is 0 Å². The minimum atomic E-state index is -3.88. The molecular weight excluding hydrogens is 556 g/mol. The van der Waals surface area contributed by atoms with Crippen LogP contribution < -0.4 is 4.90 Å². The minimum absolute atomic E-state index is 0.0410. The molecule has 8 heteroatoms. The number of nitrogens with zero attached hydrogens (tertiary/aromatic N) is 2. The Balaban J connectivity index is 1.66. The zero-order chi connectivity index (χ0) is 22.9. The molecule has 5 nitrogen and oxygen atoms in total. The number of hydrogen-bond donors (Lipinski definition) is 0. The van der Waals surface area contributed by atoms with Crippen molar-refractivity contribution in [3.63, 3.8) is 0 Å². The Kier molecular flexibility index (Phi) is 6.86. The average molecular weight is 578 g/mol. The molecule has 0 N–H and O–H groups in total. The van der Waals surface area contributed by atoms with Crippen LogP contribution in [0, 0.1) is 0 Å². The second-order valence-corrected chi connectivity index (χ2v) is 11.6. The van der Waals surface area contributed by atoms with E-state index in [0.717, 1.165) is 32.2 Å². The minimum Gasteiger partial charge on any atom is -0.308 e. The van der Waals surface area contributed by atoms with Gasteiger partial charge in [0.25, 0.3) is 0 Å². The second kappa shape index (κ2) is 9.47. The molecule has 1 atom stereocenters. The van der Waals surface area contributed by atoms with Crippen LogP contribution in [0.1, 0.15) is 18.1 Å². The van der Waals surface area contributed by atoms with Gasteiger partial charge in [-0.1, -0.05) is 62.2 Å². The quantitative estimate of drug-likeness (QED) is 0.395. The Morgan fingerprint density at radius 3 is 2.34 bits per heavy atom. The normalized spacial score (nSPS) is 15.8. The number of amides is 1. The molecule has 0 saturated carbocycles. The lowest BCUT2D eigenvalue weighted by Crippen LogP contribution is -2.44. The first kappa shape index (κ1) is 23.2. The summed E-state index contributed by atoms with van der Waals surface area (Å²) < 4.78 is 30.0. The third-order valence-corrected chi connectivity index (χ3v) is 8.32. The largest absolute Gasteiger partial charge is 0.308 e. The summed E-state index contributed by atoms with van der Waals surface area (Å²) in [7, 11) is -3.88. The van der Waals surface area contributed by atoms with Crippen molar-refractivity contribution in [2.45, 2.75) is 30.8 Å². The molecule has 4 rings (SSSR count). The third-order valence-electron chi connectivity index (χ3n) is 5.49. The molecule has 3 aromatic rings. The van der Waals surface area contributed by atoms with Crippen LogP contribution in [-0.2, 0) is 27.8 Å². The lowest BCUT2D eigenvalue weighted by atomic mass is 10.1. The molecular formula is C24H22Br2N2O3S. The van der Waals surface area contributed by atoms with Gasteiger partial charge >= 0.3 is 0 Å². The molecule has 3 aromatic carbocycles. The van der Waals surface area contributed by atoms with E-state index in [1.165, 1.54) is 4.31 Å². The van der Waals surface area contributed by atoms with E-state index in [1.807, 2.05) is 55.5 Å². The van der Waals surface area contributed by atoms with Crippen LogP contribution in [0.4, 0.5) is 5.69 Å². The highest BCUT2D eigenvalue weighted by Crippen LogP contribution is 2.34. The maximum Gasteiger partial charge on any atom is 0.243 e.